The monoisotopic (exact) mass is 243 g/mol. The number of carboxylic acids is 1. The van der Waals surface area contributed by atoms with Crippen LogP contribution in [0.1, 0.15) is 25.7 Å². The van der Waals surface area contributed by atoms with Gasteiger partial charge in [-0.2, -0.15) is 0 Å². The second kappa shape index (κ2) is 3.59. The maximum Gasteiger partial charge on any atom is 0.0668 e. The molecule has 15 heavy (non-hydrogen) atoms. The summed E-state index contributed by atoms with van der Waals surface area (Å²) in [5, 5.41) is 11.0. The maximum atomic E-state index is 11.0. The molecule has 2 aliphatic carbocycles. The number of hydrogen-bond acceptors (Lipinski definition) is 4. The highest BCUT2D eigenvalue weighted by Crippen LogP contribution is 2.65. The number of carbonyl (C=O) groups excluding carboxylic acids is 1. The molecule has 0 aromatic carbocycles. The molecule has 1 saturated heterocycles. The Morgan fingerprint density at radius 1 is 1.13 bits per heavy atom. The van der Waals surface area contributed by atoms with Gasteiger partial charge in [-0.15, -0.1) is 23.5 Å². The molecule has 1 aliphatic heterocycles. The Labute approximate surface area is 98.6 Å². The standard InChI is InChI=1S/C11H16O2S2/c12-10(13)7-5-8-1-2-9(6-7)11(8)14-3-4-15-11/h7-9H,1-6H2,(H,12,13)/p-1/t7?,8-,9+. The van der Waals surface area contributed by atoms with Gasteiger partial charge in [0.2, 0.25) is 0 Å². The molecule has 4 heteroatoms. The fourth-order valence-corrected chi connectivity index (χ4v) is 7.53. The van der Waals surface area contributed by atoms with Gasteiger partial charge in [0.05, 0.1) is 4.08 Å². The van der Waals surface area contributed by atoms with E-state index < -0.39 is 5.97 Å². The van der Waals surface area contributed by atoms with E-state index >= 15 is 0 Å². The lowest BCUT2D eigenvalue weighted by molar-refractivity contribution is -0.313. The van der Waals surface area contributed by atoms with Crippen LogP contribution < -0.4 is 5.11 Å². The Kier molecular flexibility index (Phi) is 2.47. The molecular formula is C11H15O2S2-. The molecule has 1 spiro atoms. The van der Waals surface area contributed by atoms with Crippen LogP contribution in [0.25, 0.3) is 0 Å². The van der Waals surface area contributed by atoms with Crippen molar-refractivity contribution in [1.29, 1.82) is 0 Å². The summed E-state index contributed by atoms with van der Waals surface area (Å²) in [6, 6.07) is 0. The second-order valence-electron chi connectivity index (χ2n) is 4.88. The lowest BCUT2D eigenvalue weighted by Gasteiger charge is -2.43. The molecule has 0 radical (unpaired) electrons. The van der Waals surface area contributed by atoms with E-state index in [0.717, 1.165) is 12.8 Å². The maximum absolute atomic E-state index is 11.0. The molecule has 0 aromatic heterocycles. The molecule has 0 aromatic rings. The fourth-order valence-electron chi connectivity index (χ4n) is 3.59. The Hall–Kier alpha value is 0.170. The number of carboxylic acid groups (broad SMARTS) is 1. The van der Waals surface area contributed by atoms with Crippen LogP contribution in [0.4, 0.5) is 0 Å². The van der Waals surface area contributed by atoms with Gasteiger partial charge in [0, 0.05) is 17.5 Å². The van der Waals surface area contributed by atoms with Gasteiger partial charge in [-0.3, -0.25) is 0 Å². The summed E-state index contributed by atoms with van der Waals surface area (Å²) in [5.74, 6) is 2.82. The van der Waals surface area contributed by atoms with Crippen LogP contribution in [0.15, 0.2) is 0 Å². The quantitative estimate of drug-likeness (QED) is 0.697. The molecule has 3 fully saturated rings. The van der Waals surface area contributed by atoms with Crippen molar-refractivity contribution in [2.75, 3.05) is 11.5 Å². The Bertz CT molecular complexity index is 270. The number of hydrogen-bond donors (Lipinski definition) is 0. The van der Waals surface area contributed by atoms with Gasteiger partial charge in [0.1, 0.15) is 0 Å². The minimum atomic E-state index is -0.810. The van der Waals surface area contributed by atoms with Gasteiger partial charge in [-0.1, -0.05) is 0 Å². The zero-order valence-corrected chi connectivity index (χ0v) is 10.2. The van der Waals surface area contributed by atoms with Crippen LogP contribution in [0, 0.1) is 17.8 Å². The summed E-state index contributed by atoms with van der Waals surface area (Å²) in [6.45, 7) is 0. The molecule has 3 rings (SSSR count). The van der Waals surface area contributed by atoms with Crippen molar-refractivity contribution in [3.05, 3.63) is 0 Å². The largest absolute Gasteiger partial charge is 0.550 e. The van der Waals surface area contributed by atoms with Gasteiger partial charge < -0.3 is 9.90 Å². The van der Waals surface area contributed by atoms with E-state index in [-0.39, 0.29) is 5.92 Å². The van der Waals surface area contributed by atoms with Crippen LogP contribution in [0.2, 0.25) is 0 Å². The predicted molar refractivity (Wildman–Crippen MR) is 61.6 cm³/mol. The van der Waals surface area contributed by atoms with Crippen molar-refractivity contribution in [2.45, 2.75) is 29.8 Å². The van der Waals surface area contributed by atoms with Crippen LogP contribution in [-0.4, -0.2) is 21.6 Å². The highest BCUT2D eigenvalue weighted by molar-refractivity contribution is 8.21. The van der Waals surface area contributed by atoms with Crippen LogP contribution in [0.3, 0.4) is 0 Å². The zero-order chi connectivity index (χ0) is 10.5. The molecule has 2 saturated carbocycles. The van der Waals surface area contributed by atoms with E-state index in [1.54, 1.807) is 0 Å². The minimum absolute atomic E-state index is 0.157. The third-order valence-electron chi connectivity index (χ3n) is 4.21. The van der Waals surface area contributed by atoms with Crippen LogP contribution in [-0.2, 0) is 4.79 Å². The molecule has 3 aliphatic rings. The lowest BCUT2D eigenvalue weighted by atomic mass is 9.80. The molecule has 2 bridgehead atoms. The summed E-state index contributed by atoms with van der Waals surface area (Å²) in [6.07, 6.45) is 4.24. The normalized spacial score (nSPS) is 42.3. The van der Waals surface area contributed by atoms with E-state index in [1.165, 1.54) is 24.3 Å². The smallest absolute Gasteiger partial charge is 0.0668 e. The van der Waals surface area contributed by atoms with Crippen molar-refractivity contribution in [3.8, 4) is 0 Å². The van der Waals surface area contributed by atoms with Gasteiger partial charge in [0.15, 0.2) is 0 Å². The van der Waals surface area contributed by atoms with Crippen molar-refractivity contribution < 1.29 is 9.90 Å². The molecule has 3 atom stereocenters. The van der Waals surface area contributed by atoms with E-state index in [1.807, 2.05) is 0 Å². The van der Waals surface area contributed by atoms with Crippen LogP contribution >= 0.6 is 23.5 Å². The first-order valence-corrected chi connectivity index (χ1v) is 7.68. The predicted octanol–water partition coefficient (Wildman–Crippen LogP) is 1.35. The highest BCUT2D eigenvalue weighted by Gasteiger charge is 2.56. The first-order chi connectivity index (χ1) is 7.22. The third-order valence-corrected chi connectivity index (χ3v) is 8.23. The summed E-state index contributed by atoms with van der Waals surface area (Å²) in [4.78, 5) is 11.0. The topological polar surface area (TPSA) is 40.1 Å². The number of aliphatic carboxylic acids is 1. The summed E-state index contributed by atoms with van der Waals surface area (Å²) >= 11 is 4.22. The fraction of sp³-hybridized carbons (Fsp3) is 0.909. The van der Waals surface area contributed by atoms with Gasteiger partial charge in [-0.25, -0.2) is 0 Å². The van der Waals surface area contributed by atoms with Crippen molar-refractivity contribution in [2.24, 2.45) is 17.8 Å². The van der Waals surface area contributed by atoms with E-state index in [4.69, 9.17) is 0 Å². The minimum Gasteiger partial charge on any atom is -0.550 e. The average molecular weight is 243 g/mol. The molecule has 1 unspecified atom stereocenters. The number of rotatable bonds is 1. The van der Waals surface area contributed by atoms with E-state index in [9.17, 15) is 9.90 Å². The van der Waals surface area contributed by atoms with E-state index in [2.05, 4.69) is 23.5 Å². The van der Waals surface area contributed by atoms with Gasteiger partial charge >= 0.3 is 0 Å². The van der Waals surface area contributed by atoms with Crippen molar-refractivity contribution in [1.82, 2.24) is 0 Å². The molecule has 0 N–H and O–H groups in total. The van der Waals surface area contributed by atoms with Crippen molar-refractivity contribution >= 4 is 29.5 Å². The molecule has 84 valence electrons. The number of thioether (sulfide) groups is 2. The zero-order valence-electron chi connectivity index (χ0n) is 8.61. The van der Waals surface area contributed by atoms with E-state index in [0.29, 0.717) is 15.9 Å². The average Bonchev–Trinajstić information content (AvgIpc) is 2.72. The summed E-state index contributed by atoms with van der Waals surface area (Å²) in [7, 11) is 0. The van der Waals surface area contributed by atoms with Crippen molar-refractivity contribution in [3.63, 3.8) is 0 Å². The summed E-state index contributed by atoms with van der Waals surface area (Å²) < 4.78 is 0.409. The Morgan fingerprint density at radius 3 is 2.13 bits per heavy atom. The summed E-state index contributed by atoms with van der Waals surface area (Å²) in [5.41, 5.74) is 0. The first kappa shape index (κ1) is 10.3. The Balaban J connectivity index is 1.84. The number of carbonyl (C=O) groups is 1. The molecular weight excluding hydrogens is 228 g/mol. The van der Waals surface area contributed by atoms with Gasteiger partial charge in [-0.05, 0) is 43.4 Å². The second-order valence-corrected chi connectivity index (χ2v) is 7.88. The lowest BCUT2D eigenvalue weighted by Crippen LogP contribution is -2.43. The molecule has 0 amide bonds. The van der Waals surface area contributed by atoms with Crippen LogP contribution in [0.5, 0.6) is 0 Å². The SMILES string of the molecule is O=C([O-])C1C[C@H]2CC[C@@H](C1)C21SCCS1. The highest BCUT2D eigenvalue weighted by atomic mass is 32.2. The molecule has 2 nitrogen and oxygen atoms in total. The Morgan fingerprint density at radius 2 is 1.67 bits per heavy atom. The third kappa shape index (κ3) is 1.44. The first-order valence-electron chi connectivity index (χ1n) is 5.71. The molecule has 1 heterocycles. The van der Waals surface area contributed by atoms with Gasteiger partial charge in [0.25, 0.3) is 0 Å².